The first-order chi connectivity index (χ1) is 7.64. The van der Waals surface area contributed by atoms with Crippen LogP contribution in [0.5, 0.6) is 11.5 Å². The van der Waals surface area contributed by atoms with Gasteiger partial charge >= 0.3 is 5.69 Å². The minimum absolute atomic E-state index is 0.0473. The van der Waals surface area contributed by atoms with Gasteiger partial charge in [-0.1, -0.05) is 15.9 Å². The van der Waals surface area contributed by atoms with E-state index in [9.17, 15) is 25.1 Å². The van der Waals surface area contributed by atoms with Crippen LogP contribution in [0.2, 0.25) is 0 Å². The molecule has 0 saturated carbocycles. The summed E-state index contributed by atoms with van der Waals surface area (Å²) in [5.41, 5.74) is -0.751. The number of nitro benzene ring substituents is 1. The Hall–Kier alpha value is -1.63. The molecule has 0 radical (unpaired) electrons. The lowest BCUT2D eigenvalue weighted by atomic mass is 10.00. The number of Topliss-reactive ketones (excluding diaryl/α,β-unsaturated/α-hetero) is 1. The highest BCUT2D eigenvalue weighted by atomic mass is 79.9. The molecule has 1 aromatic rings. The zero-order valence-electron chi connectivity index (χ0n) is 9.10. The van der Waals surface area contributed by atoms with Gasteiger partial charge in [-0.15, -0.1) is 0 Å². The number of phenols is 2. The topological polar surface area (TPSA) is 101 Å². The second-order valence-corrected chi connectivity index (χ2v) is 5.90. The molecule has 0 atom stereocenters. The standard InChI is InChI=1S/C10H10BrNO5/c1-10(2,11)9(15)5-3-6(12(16)17)8(14)7(13)4-5/h3-4,13-14H,1-2H3. The molecule has 0 aliphatic heterocycles. The van der Waals surface area contributed by atoms with E-state index in [1.165, 1.54) is 0 Å². The number of carbonyl (C=O) groups is 1. The molecule has 0 fully saturated rings. The van der Waals surface area contributed by atoms with E-state index in [1.54, 1.807) is 13.8 Å². The van der Waals surface area contributed by atoms with Crippen molar-refractivity contribution in [1.82, 2.24) is 0 Å². The number of carbonyl (C=O) groups excluding carboxylic acids is 1. The molecular weight excluding hydrogens is 294 g/mol. The summed E-state index contributed by atoms with van der Waals surface area (Å²) < 4.78 is -0.912. The number of benzene rings is 1. The summed E-state index contributed by atoms with van der Waals surface area (Å²) in [6.45, 7) is 3.15. The quantitative estimate of drug-likeness (QED) is 0.293. The Morgan fingerprint density at radius 1 is 1.41 bits per heavy atom. The molecule has 0 aliphatic rings. The molecule has 2 N–H and O–H groups in total. The summed E-state index contributed by atoms with van der Waals surface area (Å²) in [4.78, 5) is 21.6. The molecule has 0 bridgehead atoms. The molecule has 0 unspecified atom stereocenters. The van der Waals surface area contributed by atoms with Gasteiger partial charge in [0.1, 0.15) is 0 Å². The second-order valence-electron chi connectivity index (χ2n) is 3.92. The Kier molecular flexibility index (Phi) is 3.42. The van der Waals surface area contributed by atoms with Gasteiger partial charge in [0.2, 0.25) is 5.75 Å². The highest BCUT2D eigenvalue weighted by molar-refractivity contribution is 9.10. The zero-order chi connectivity index (χ0) is 13.4. The normalized spacial score (nSPS) is 11.2. The van der Waals surface area contributed by atoms with E-state index in [0.717, 1.165) is 12.1 Å². The van der Waals surface area contributed by atoms with E-state index in [-0.39, 0.29) is 5.56 Å². The van der Waals surface area contributed by atoms with Gasteiger partial charge in [0.05, 0.1) is 9.25 Å². The molecule has 6 nitrogen and oxygen atoms in total. The highest BCUT2D eigenvalue weighted by Gasteiger charge is 2.29. The number of phenolic OH excluding ortho intramolecular Hbond substituents is 2. The van der Waals surface area contributed by atoms with E-state index in [4.69, 9.17) is 0 Å². The molecule has 0 saturated heterocycles. The average Bonchev–Trinajstić information content (AvgIpc) is 2.19. The number of halogens is 1. The van der Waals surface area contributed by atoms with Crippen LogP contribution in [-0.2, 0) is 0 Å². The van der Waals surface area contributed by atoms with Crippen LogP contribution in [0.4, 0.5) is 5.69 Å². The predicted molar refractivity (Wildman–Crippen MR) is 63.8 cm³/mol. The molecule has 1 aromatic carbocycles. The molecule has 7 heteroatoms. The van der Waals surface area contributed by atoms with Crippen LogP contribution in [0.1, 0.15) is 24.2 Å². The van der Waals surface area contributed by atoms with Crippen LogP contribution in [0.25, 0.3) is 0 Å². The summed E-state index contributed by atoms with van der Waals surface area (Å²) in [5.74, 6) is -1.98. The van der Waals surface area contributed by atoms with Crippen molar-refractivity contribution in [3.63, 3.8) is 0 Å². The van der Waals surface area contributed by atoms with E-state index in [2.05, 4.69) is 15.9 Å². The molecule has 0 heterocycles. The zero-order valence-corrected chi connectivity index (χ0v) is 10.7. The fourth-order valence-electron chi connectivity index (χ4n) is 1.22. The molecule has 0 amide bonds. The van der Waals surface area contributed by atoms with Gasteiger partial charge in [-0.3, -0.25) is 14.9 Å². The minimum atomic E-state index is -0.912. The summed E-state index contributed by atoms with van der Waals surface area (Å²) in [6.07, 6.45) is 0. The fourth-order valence-corrected chi connectivity index (χ4v) is 1.45. The van der Waals surface area contributed by atoms with Gasteiger partial charge in [-0.05, 0) is 19.9 Å². The SMILES string of the molecule is CC(C)(Br)C(=O)c1cc(O)c(O)c([N+](=O)[O-])c1. The average molecular weight is 304 g/mol. The molecular formula is C10H10BrNO5. The summed E-state index contributed by atoms with van der Waals surface area (Å²) in [7, 11) is 0. The van der Waals surface area contributed by atoms with Gasteiger partial charge in [-0.25, -0.2) is 0 Å². The van der Waals surface area contributed by atoms with Crippen LogP contribution in [-0.4, -0.2) is 25.2 Å². The number of ketones is 1. The number of hydrogen-bond acceptors (Lipinski definition) is 5. The first-order valence-corrected chi connectivity index (χ1v) is 5.38. The molecule has 92 valence electrons. The fraction of sp³-hybridized carbons (Fsp3) is 0.300. The Bertz CT molecular complexity index is 492. The van der Waals surface area contributed by atoms with Crippen LogP contribution in [0.3, 0.4) is 0 Å². The summed E-state index contributed by atoms with van der Waals surface area (Å²) in [6, 6.07) is 1.92. The largest absolute Gasteiger partial charge is 0.504 e. The third kappa shape index (κ3) is 2.73. The smallest absolute Gasteiger partial charge is 0.315 e. The van der Waals surface area contributed by atoms with Crippen LogP contribution >= 0.6 is 15.9 Å². The number of rotatable bonds is 3. The van der Waals surface area contributed by atoms with Gasteiger partial charge in [0.25, 0.3) is 0 Å². The van der Waals surface area contributed by atoms with E-state index in [0.29, 0.717) is 0 Å². The number of hydrogen-bond donors (Lipinski definition) is 2. The first kappa shape index (κ1) is 13.4. The van der Waals surface area contributed by atoms with Crippen molar-refractivity contribution in [1.29, 1.82) is 0 Å². The molecule has 17 heavy (non-hydrogen) atoms. The maximum absolute atomic E-state index is 11.8. The van der Waals surface area contributed by atoms with Crippen LogP contribution in [0.15, 0.2) is 12.1 Å². The maximum atomic E-state index is 11.8. The number of aromatic hydroxyl groups is 2. The molecule has 0 aliphatic carbocycles. The van der Waals surface area contributed by atoms with Gasteiger partial charge < -0.3 is 10.2 Å². The van der Waals surface area contributed by atoms with Crippen molar-refractivity contribution in [3.05, 3.63) is 27.8 Å². The van der Waals surface area contributed by atoms with Gasteiger partial charge in [0, 0.05) is 11.6 Å². The monoisotopic (exact) mass is 303 g/mol. The second kappa shape index (κ2) is 4.33. The summed E-state index contributed by atoms with van der Waals surface area (Å²) >= 11 is 3.12. The lowest BCUT2D eigenvalue weighted by molar-refractivity contribution is -0.386. The van der Waals surface area contributed by atoms with Gasteiger partial charge in [0.15, 0.2) is 11.5 Å². The van der Waals surface area contributed by atoms with Crippen molar-refractivity contribution >= 4 is 27.4 Å². The summed E-state index contributed by atoms with van der Waals surface area (Å²) in [5, 5.41) is 29.2. The maximum Gasteiger partial charge on any atom is 0.315 e. The Balaban J connectivity index is 3.39. The number of alkyl halides is 1. The Morgan fingerprint density at radius 2 is 1.94 bits per heavy atom. The van der Waals surface area contributed by atoms with E-state index < -0.39 is 32.2 Å². The molecule has 0 aromatic heterocycles. The first-order valence-electron chi connectivity index (χ1n) is 4.58. The Morgan fingerprint density at radius 3 is 2.35 bits per heavy atom. The van der Waals surface area contributed by atoms with E-state index >= 15 is 0 Å². The van der Waals surface area contributed by atoms with Gasteiger partial charge in [-0.2, -0.15) is 0 Å². The van der Waals surface area contributed by atoms with Crippen molar-refractivity contribution in [2.75, 3.05) is 0 Å². The van der Waals surface area contributed by atoms with Crippen LogP contribution in [0, 0.1) is 10.1 Å². The van der Waals surface area contributed by atoms with Crippen molar-refractivity contribution in [2.45, 2.75) is 18.2 Å². The van der Waals surface area contributed by atoms with E-state index in [1.807, 2.05) is 0 Å². The Labute approximate surface area is 105 Å². The number of nitro groups is 1. The third-order valence-corrected chi connectivity index (χ3v) is 2.43. The minimum Gasteiger partial charge on any atom is -0.504 e. The highest BCUT2D eigenvalue weighted by Crippen LogP contribution is 2.37. The third-order valence-electron chi connectivity index (χ3n) is 2.07. The predicted octanol–water partition coefficient (Wildman–Crippen LogP) is 2.36. The molecule has 1 rings (SSSR count). The lowest BCUT2D eigenvalue weighted by Gasteiger charge is -2.14. The molecule has 0 spiro atoms. The van der Waals surface area contributed by atoms with Crippen LogP contribution < -0.4 is 0 Å². The van der Waals surface area contributed by atoms with Crippen molar-refractivity contribution in [2.24, 2.45) is 0 Å². The number of nitrogens with zero attached hydrogens (tertiary/aromatic N) is 1. The van der Waals surface area contributed by atoms with Crippen molar-refractivity contribution in [3.8, 4) is 11.5 Å². The van der Waals surface area contributed by atoms with Crippen molar-refractivity contribution < 1.29 is 19.9 Å². The lowest BCUT2D eigenvalue weighted by Crippen LogP contribution is -2.24.